The molecule has 0 fully saturated rings. The molecule has 1 rings (SSSR count). The van der Waals surface area contributed by atoms with Crippen LogP contribution in [0.15, 0.2) is 0 Å². The van der Waals surface area contributed by atoms with E-state index in [1.54, 1.807) is 11.7 Å². The van der Waals surface area contributed by atoms with Crippen LogP contribution in [0, 0.1) is 12.3 Å². The summed E-state index contributed by atoms with van der Waals surface area (Å²) >= 11 is 0. The first kappa shape index (κ1) is 8.53. The van der Waals surface area contributed by atoms with Crippen molar-refractivity contribution in [3.8, 4) is 12.3 Å². The van der Waals surface area contributed by atoms with E-state index >= 15 is 0 Å². The van der Waals surface area contributed by atoms with E-state index in [0.29, 0.717) is 12.4 Å². The number of aromatic nitrogens is 4. The Morgan fingerprint density at radius 1 is 1.75 bits per heavy atom. The molecule has 0 bridgehead atoms. The second-order valence-electron chi connectivity index (χ2n) is 2.58. The molecular weight excluding hydrogens is 154 g/mol. The summed E-state index contributed by atoms with van der Waals surface area (Å²) in [7, 11) is 1.77. The van der Waals surface area contributed by atoms with Crippen LogP contribution >= 0.6 is 0 Å². The minimum atomic E-state index is 0.194. The van der Waals surface area contributed by atoms with Crippen molar-refractivity contribution < 1.29 is 0 Å². The van der Waals surface area contributed by atoms with Crippen LogP contribution in [0.2, 0.25) is 0 Å². The lowest BCUT2D eigenvalue weighted by Gasteiger charge is -2.09. The van der Waals surface area contributed by atoms with E-state index in [9.17, 15) is 0 Å². The number of nitrogens with zero attached hydrogens (tertiary/aromatic N) is 4. The maximum Gasteiger partial charge on any atom is 0.242 e. The standard InChI is InChI=1S/C7H11N5/c1-4-5-6(2)8-7-9-10-11-12(7)3/h1,6H,5H2,2-3H3,(H,8,9,11). The van der Waals surface area contributed by atoms with Crippen LogP contribution in [0.5, 0.6) is 0 Å². The second-order valence-corrected chi connectivity index (χ2v) is 2.58. The summed E-state index contributed by atoms with van der Waals surface area (Å²) in [6.07, 6.45) is 5.81. The smallest absolute Gasteiger partial charge is 0.242 e. The van der Waals surface area contributed by atoms with Crippen molar-refractivity contribution in [3.63, 3.8) is 0 Å². The molecule has 5 nitrogen and oxygen atoms in total. The van der Waals surface area contributed by atoms with Gasteiger partial charge in [0, 0.05) is 19.5 Å². The highest BCUT2D eigenvalue weighted by Crippen LogP contribution is 2.00. The number of terminal acetylenes is 1. The Kier molecular flexibility index (Phi) is 2.64. The molecule has 12 heavy (non-hydrogen) atoms. The Bertz CT molecular complexity index is 284. The Labute approximate surface area is 71.2 Å². The first-order chi connectivity index (χ1) is 5.74. The van der Waals surface area contributed by atoms with Gasteiger partial charge in [0.1, 0.15) is 0 Å². The maximum atomic E-state index is 5.15. The number of anilines is 1. The van der Waals surface area contributed by atoms with Gasteiger partial charge in [-0.25, -0.2) is 4.68 Å². The van der Waals surface area contributed by atoms with Crippen LogP contribution in [-0.4, -0.2) is 26.2 Å². The van der Waals surface area contributed by atoms with E-state index < -0.39 is 0 Å². The zero-order chi connectivity index (χ0) is 8.97. The number of hydrogen-bond donors (Lipinski definition) is 1. The monoisotopic (exact) mass is 165 g/mol. The fourth-order valence-corrected chi connectivity index (χ4v) is 0.800. The Balaban J connectivity index is 2.53. The molecular formula is C7H11N5. The Morgan fingerprint density at radius 3 is 3.00 bits per heavy atom. The predicted octanol–water partition coefficient (Wildman–Crippen LogP) is 0.0338. The van der Waals surface area contributed by atoms with Crippen LogP contribution in [0.1, 0.15) is 13.3 Å². The van der Waals surface area contributed by atoms with Crippen LogP contribution in [0.25, 0.3) is 0 Å². The summed E-state index contributed by atoms with van der Waals surface area (Å²) in [5.41, 5.74) is 0. The van der Waals surface area contributed by atoms with Gasteiger partial charge >= 0.3 is 0 Å². The van der Waals surface area contributed by atoms with Gasteiger partial charge in [-0.05, 0) is 17.4 Å². The molecule has 0 aliphatic carbocycles. The highest BCUT2D eigenvalue weighted by Gasteiger charge is 2.04. The normalized spacial score (nSPS) is 12.1. The Hall–Kier alpha value is -1.57. The molecule has 0 radical (unpaired) electrons. The van der Waals surface area contributed by atoms with Crippen molar-refractivity contribution >= 4 is 5.95 Å². The van der Waals surface area contributed by atoms with E-state index in [0.717, 1.165) is 0 Å². The molecule has 1 N–H and O–H groups in total. The molecule has 1 aromatic heterocycles. The van der Waals surface area contributed by atoms with Crippen molar-refractivity contribution in [2.24, 2.45) is 7.05 Å². The molecule has 1 atom stereocenters. The van der Waals surface area contributed by atoms with Gasteiger partial charge in [0.15, 0.2) is 0 Å². The van der Waals surface area contributed by atoms with E-state index in [-0.39, 0.29) is 6.04 Å². The van der Waals surface area contributed by atoms with Crippen LogP contribution in [0.3, 0.4) is 0 Å². The predicted molar refractivity (Wildman–Crippen MR) is 45.3 cm³/mol. The molecule has 64 valence electrons. The van der Waals surface area contributed by atoms with Crippen molar-refractivity contribution in [1.29, 1.82) is 0 Å². The van der Waals surface area contributed by atoms with Gasteiger partial charge in [-0.15, -0.1) is 12.3 Å². The number of tetrazole rings is 1. The van der Waals surface area contributed by atoms with Crippen LogP contribution in [-0.2, 0) is 7.05 Å². The third-order valence-corrected chi connectivity index (χ3v) is 1.42. The van der Waals surface area contributed by atoms with Crippen molar-refractivity contribution in [2.45, 2.75) is 19.4 Å². The average Bonchev–Trinajstić information content (AvgIpc) is 2.37. The van der Waals surface area contributed by atoms with Crippen LogP contribution in [0.4, 0.5) is 5.95 Å². The highest BCUT2D eigenvalue weighted by atomic mass is 15.6. The number of aryl methyl sites for hydroxylation is 1. The first-order valence-corrected chi connectivity index (χ1v) is 3.66. The summed E-state index contributed by atoms with van der Waals surface area (Å²) in [6, 6.07) is 0.194. The molecule has 0 spiro atoms. The molecule has 5 heteroatoms. The van der Waals surface area contributed by atoms with Gasteiger partial charge in [-0.1, -0.05) is 5.10 Å². The summed E-state index contributed by atoms with van der Waals surface area (Å²) in [5, 5.41) is 14.0. The number of nitrogens with one attached hydrogen (secondary N) is 1. The fraction of sp³-hybridized carbons (Fsp3) is 0.571. The summed E-state index contributed by atoms with van der Waals surface area (Å²) in [4.78, 5) is 0. The Morgan fingerprint density at radius 2 is 2.50 bits per heavy atom. The lowest BCUT2D eigenvalue weighted by molar-refractivity contribution is 0.702. The molecule has 0 aliphatic rings. The topological polar surface area (TPSA) is 55.6 Å². The third-order valence-electron chi connectivity index (χ3n) is 1.42. The number of rotatable bonds is 3. The summed E-state index contributed by atoms with van der Waals surface area (Å²) < 4.78 is 1.56. The second kappa shape index (κ2) is 3.72. The third kappa shape index (κ3) is 1.95. The quantitative estimate of drug-likeness (QED) is 0.642. The summed E-state index contributed by atoms with van der Waals surface area (Å²) in [6.45, 7) is 1.98. The SMILES string of the molecule is C#CCC(C)Nc1nnnn1C. The lowest BCUT2D eigenvalue weighted by Crippen LogP contribution is -2.17. The fourth-order valence-electron chi connectivity index (χ4n) is 0.800. The van der Waals surface area contributed by atoms with Gasteiger partial charge in [-0.2, -0.15) is 0 Å². The average molecular weight is 165 g/mol. The molecule has 0 aromatic carbocycles. The lowest BCUT2D eigenvalue weighted by atomic mass is 10.2. The number of hydrogen-bond acceptors (Lipinski definition) is 4. The van der Waals surface area contributed by atoms with E-state index in [4.69, 9.17) is 6.42 Å². The van der Waals surface area contributed by atoms with E-state index in [1.807, 2.05) is 6.92 Å². The van der Waals surface area contributed by atoms with Crippen LogP contribution < -0.4 is 5.32 Å². The molecule has 0 saturated carbocycles. The van der Waals surface area contributed by atoms with E-state index in [2.05, 4.69) is 26.8 Å². The van der Waals surface area contributed by atoms with Crippen molar-refractivity contribution in [2.75, 3.05) is 5.32 Å². The molecule has 0 amide bonds. The minimum Gasteiger partial charge on any atom is -0.350 e. The zero-order valence-electron chi connectivity index (χ0n) is 7.15. The molecule has 1 unspecified atom stereocenters. The van der Waals surface area contributed by atoms with Gasteiger partial charge in [0.2, 0.25) is 5.95 Å². The molecule has 0 saturated heterocycles. The molecule has 1 heterocycles. The van der Waals surface area contributed by atoms with Gasteiger partial charge in [-0.3, -0.25) is 0 Å². The molecule has 1 aromatic rings. The minimum absolute atomic E-state index is 0.194. The maximum absolute atomic E-state index is 5.15. The van der Waals surface area contributed by atoms with Crippen molar-refractivity contribution in [1.82, 2.24) is 20.2 Å². The van der Waals surface area contributed by atoms with Crippen molar-refractivity contribution in [3.05, 3.63) is 0 Å². The van der Waals surface area contributed by atoms with Gasteiger partial charge < -0.3 is 5.32 Å². The largest absolute Gasteiger partial charge is 0.350 e. The summed E-state index contributed by atoms with van der Waals surface area (Å²) in [5.74, 6) is 3.20. The van der Waals surface area contributed by atoms with E-state index in [1.165, 1.54) is 0 Å². The first-order valence-electron chi connectivity index (χ1n) is 3.66. The highest BCUT2D eigenvalue weighted by molar-refractivity contribution is 5.23. The van der Waals surface area contributed by atoms with Gasteiger partial charge in [0.05, 0.1) is 0 Å². The molecule has 0 aliphatic heterocycles. The zero-order valence-corrected chi connectivity index (χ0v) is 7.15. The van der Waals surface area contributed by atoms with Gasteiger partial charge in [0.25, 0.3) is 0 Å².